The molecule has 0 saturated carbocycles. The first-order valence-corrected chi connectivity index (χ1v) is 8.29. The number of ether oxygens (including phenoxy) is 2. The van der Waals surface area contributed by atoms with Crippen LogP contribution in [0.4, 0.5) is 0 Å². The number of nitrogens with one attached hydrogen (secondary N) is 1. The third kappa shape index (κ3) is 5.70. The molecule has 24 heavy (non-hydrogen) atoms. The predicted octanol–water partition coefficient (Wildman–Crippen LogP) is 3.52. The third-order valence-electron chi connectivity index (χ3n) is 3.84. The van der Waals surface area contributed by atoms with Gasteiger partial charge in [-0.3, -0.25) is 4.79 Å². The Hall–Kier alpha value is -2.33. The molecule has 0 amide bonds. The second-order valence-corrected chi connectivity index (χ2v) is 5.52. The smallest absolute Gasteiger partial charge is 0.307 e. The molecular formula is C20H25NO3. The number of hydrogen-bond donors (Lipinski definition) is 1. The Kier molecular flexibility index (Phi) is 7.30. The number of rotatable bonds is 9. The van der Waals surface area contributed by atoms with Crippen molar-refractivity contribution in [3.63, 3.8) is 0 Å². The molecule has 2 aromatic rings. The van der Waals surface area contributed by atoms with E-state index in [0.717, 1.165) is 24.3 Å². The lowest BCUT2D eigenvalue weighted by atomic mass is 10.0. The molecule has 0 aliphatic rings. The molecule has 0 aliphatic heterocycles. The van der Waals surface area contributed by atoms with Crippen LogP contribution in [0.5, 0.6) is 5.75 Å². The molecule has 1 N–H and O–H groups in total. The van der Waals surface area contributed by atoms with Crippen LogP contribution in [-0.2, 0) is 16.0 Å². The molecule has 0 saturated heterocycles. The van der Waals surface area contributed by atoms with Crippen LogP contribution in [0.15, 0.2) is 54.6 Å². The van der Waals surface area contributed by atoms with E-state index in [9.17, 15) is 4.79 Å². The first kappa shape index (κ1) is 18.0. The highest BCUT2D eigenvalue weighted by atomic mass is 16.5. The van der Waals surface area contributed by atoms with Crippen LogP contribution < -0.4 is 10.1 Å². The molecule has 0 aromatic heterocycles. The number of esters is 1. The van der Waals surface area contributed by atoms with Gasteiger partial charge in [0, 0.05) is 6.04 Å². The molecule has 128 valence electrons. The standard InChI is InChI=1S/C20H25NO3/c1-3-24-20(22)15-19(17-9-11-18(23-2)12-10-17)21-14-13-16-7-5-4-6-8-16/h4-12,19,21H,3,13-15H2,1-2H3. The molecule has 2 rings (SSSR count). The van der Waals surface area contributed by atoms with Crippen LogP contribution in [0.3, 0.4) is 0 Å². The van der Waals surface area contributed by atoms with Gasteiger partial charge in [0.1, 0.15) is 5.75 Å². The van der Waals surface area contributed by atoms with Gasteiger partial charge in [-0.1, -0.05) is 42.5 Å². The van der Waals surface area contributed by atoms with Crippen LogP contribution >= 0.6 is 0 Å². The maximum absolute atomic E-state index is 11.9. The highest BCUT2D eigenvalue weighted by Gasteiger charge is 2.16. The SMILES string of the molecule is CCOC(=O)CC(NCCc1ccccc1)c1ccc(OC)cc1. The second-order valence-electron chi connectivity index (χ2n) is 5.52. The van der Waals surface area contributed by atoms with Crippen LogP contribution in [-0.4, -0.2) is 26.2 Å². The van der Waals surface area contributed by atoms with E-state index in [2.05, 4.69) is 17.4 Å². The van der Waals surface area contributed by atoms with Crippen molar-refractivity contribution >= 4 is 5.97 Å². The van der Waals surface area contributed by atoms with E-state index in [0.29, 0.717) is 13.0 Å². The van der Waals surface area contributed by atoms with Crippen molar-refractivity contribution in [2.75, 3.05) is 20.3 Å². The minimum atomic E-state index is -0.189. The number of hydrogen-bond acceptors (Lipinski definition) is 4. The lowest BCUT2D eigenvalue weighted by Crippen LogP contribution is -2.26. The van der Waals surface area contributed by atoms with Crippen molar-refractivity contribution in [3.05, 3.63) is 65.7 Å². The Morgan fingerprint density at radius 2 is 1.79 bits per heavy atom. The molecule has 4 heteroatoms. The molecule has 0 aliphatic carbocycles. The minimum absolute atomic E-state index is 0.0707. The van der Waals surface area contributed by atoms with Crippen LogP contribution in [0.1, 0.15) is 30.5 Å². The Morgan fingerprint density at radius 3 is 2.42 bits per heavy atom. The van der Waals surface area contributed by atoms with Gasteiger partial charge in [-0.2, -0.15) is 0 Å². The van der Waals surface area contributed by atoms with Crippen molar-refractivity contribution < 1.29 is 14.3 Å². The predicted molar refractivity (Wildman–Crippen MR) is 95.1 cm³/mol. The zero-order valence-electron chi connectivity index (χ0n) is 14.3. The second kappa shape index (κ2) is 9.73. The average molecular weight is 327 g/mol. The summed E-state index contributed by atoms with van der Waals surface area (Å²) in [5.41, 5.74) is 2.33. The number of methoxy groups -OCH3 is 1. The van der Waals surface area contributed by atoms with E-state index in [-0.39, 0.29) is 12.0 Å². The average Bonchev–Trinajstić information content (AvgIpc) is 2.62. The topological polar surface area (TPSA) is 47.6 Å². The fourth-order valence-electron chi connectivity index (χ4n) is 2.57. The van der Waals surface area contributed by atoms with Crippen molar-refractivity contribution in [1.82, 2.24) is 5.32 Å². The molecule has 0 spiro atoms. The third-order valence-corrected chi connectivity index (χ3v) is 3.84. The summed E-state index contributed by atoms with van der Waals surface area (Å²) in [5, 5.41) is 3.47. The van der Waals surface area contributed by atoms with Gasteiger partial charge < -0.3 is 14.8 Å². The summed E-state index contributed by atoms with van der Waals surface area (Å²) in [6.07, 6.45) is 1.23. The molecule has 1 atom stereocenters. The molecule has 1 unspecified atom stereocenters. The number of carbonyl (C=O) groups excluding carboxylic acids is 1. The Labute approximate surface area is 143 Å². The summed E-state index contributed by atoms with van der Waals surface area (Å²) in [6.45, 7) is 3.02. The molecule has 0 bridgehead atoms. The van der Waals surface area contributed by atoms with Crippen molar-refractivity contribution in [2.45, 2.75) is 25.8 Å². The number of carbonyl (C=O) groups is 1. The lowest BCUT2D eigenvalue weighted by Gasteiger charge is -2.19. The van der Waals surface area contributed by atoms with Gasteiger partial charge in [0.15, 0.2) is 0 Å². The van der Waals surface area contributed by atoms with E-state index < -0.39 is 0 Å². The van der Waals surface area contributed by atoms with E-state index >= 15 is 0 Å². The van der Waals surface area contributed by atoms with Crippen molar-refractivity contribution in [1.29, 1.82) is 0 Å². The fourth-order valence-corrected chi connectivity index (χ4v) is 2.57. The van der Waals surface area contributed by atoms with Crippen LogP contribution in [0.25, 0.3) is 0 Å². The van der Waals surface area contributed by atoms with Crippen LogP contribution in [0, 0.1) is 0 Å². The van der Waals surface area contributed by atoms with Gasteiger partial charge in [-0.15, -0.1) is 0 Å². The Bertz CT molecular complexity index is 611. The summed E-state index contributed by atoms with van der Waals surface area (Å²) in [4.78, 5) is 11.9. The van der Waals surface area contributed by atoms with E-state index in [1.807, 2.05) is 49.4 Å². The zero-order valence-corrected chi connectivity index (χ0v) is 14.3. The Morgan fingerprint density at radius 1 is 1.08 bits per heavy atom. The first-order valence-electron chi connectivity index (χ1n) is 8.29. The summed E-state index contributed by atoms with van der Waals surface area (Å²) in [5.74, 6) is 0.614. The Balaban J connectivity index is 1.99. The van der Waals surface area contributed by atoms with Gasteiger partial charge in [0.2, 0.25) is 0 Å². The largest absolute Gasteiger partial charge is 0.497 e. The van der Waals surface area contributed by atoms with Gasteiger partial charge in [-0.25, -0.2) is 0 Å². The summed E-state index contributed by atoms with van der Waals surface area (Å²) >= 11 is 0. The quantitative estimate of drug-likeness (QED) is 0.716. The minimum Gasteiger partial charge on any atom is -0.497 e. The highest BCUT2D eigenvalue weighted by molar-refractivity contribution is 5.70. The van der Waals surface area contributed by atoms with E-state index in [4.69, 9.17) is 9.47 Å². The zero-order chi connectivity index (χ0) is 17.2. The molecular weight excluding hydrogens is 302 g/mol. The summed E-state index contributed by atoms with van der Waals surface area (Å²) in [6, 6.07) is 18.0. The first-order chi connectivity index (χ1) is 11.7. The number of benzene rings is 2. The molecule has 2 aromatic carbocycles. The normalized spacial score (nSPS) is 11.8. The molecule has 4 nitrogen and oxygen atoms in total. The van der Waals surface area contributed by atoms with Gasteiger partial charge in [0.05, 0.1) is 20.1 Å². The summed E-state index contributed by atoms with van der Waals surface area (Å²) in [7, 11) is 1.64. The molecule has 0 heterocycles. The van der Waals surface area contributed by atoms with Gasteiger partial charge in [0.25, 0.3) is 0 Å². The van der Waals surface area contributed by atoms with E-state index in [1.54, 1.807) is 7.11 Å². The maximum Gasteiger partial charge on any atom is 0.307 e. The van der Waals surface area contributed by atoms with Crippen molar-refractivity contribution in [2.24, 2.45) is 0 Å². The monoisotopic (exact) mass is 327 g/mol. The van der Waals surface area contributed by atoms with E-state index in [1.165, 1.54) is 5.56 Å². The molecule has 0 radical (unpaired) electrons. The highest BCUT2D eigenvalue weighted by Crippen LogP contribution is 2.21. The van der Waals surface area contributed by atoms with Crippen LogP contribution in [0.2, 0.25) is 0 Å². The van der Waals surface area contributed by atoms with Gasteiger partial charge >= 0.3 is 5.97 Å². The molecule has 0 fully saturated rings. The van der Waals surface area contributed by atoms with Gasteiger partial charge in [-0.05, 0) is 43.1 Å². The van der Waals surface area contributed by atoms with Crippen molar-refractivity contribution in [3.8, 4) is 5.75 Å². The summed E-state index contributed by atoms with van der Waals surface area (Å²) < 4.78 is 10.3. The lowest BCUT2D eigenvalue weighted by molar-refractivity contribution is -0.143. The maximum atomic E-state index is 11.9. The fraction of sp³-hybridized carbons (Fsp3) is 0.350.